The van der Waals surface area contributed by atoms with Gasteiger partial charge < -0.3 is 5.73 Å². The summed E-state index contributed by atoms with van der Waals surface area (Å²) >= 11 is 6.10. The van der Waals surface area contributed by atoms with Crippen LogP contribution in [0.2, 0.25) is 5.15 Å². The number of ketones is 1. The monoisotopic (exact) mass is 271 g/mol. The summed E-state index contributed by atoms with van der Waals surface area (Å²) in [5.74, 6) is 0.723. The molecular weight excluding hydrogens is 250 g/mol. The Morgan fingerprint density at radius 1 is 1.50 bits per heavy atom. The average Bonchev–Trinajstić information content (AvgIpc) is 2.54. The van der Waals surface area contributed by atoms with E-state index in [2.05, 4.69) is 12.0 Å². The summed E-state index contributed by atoms with van der Waals surface area (Å²) in [6.07, 6.45) is 2.84. The van der Waals surface area contributed by atoms with Crippen molar-refractivity contribution in [3.8, 4) is 0 Å². The molecule has 2 N–H and O–H groups in total. The summed E-state index contributed by atoms with van der Waals surface area (Å²) in [7, 11) is 1.78. The van der Waals surface area contributed by atoms with E-state index in [1.54, 1.807) is 11.7 Å². The van der Waals surface area contributed by atoms with Crippen LogP contribution in [0.5, 0.6) is 0 Å². The summed E-state index contributed by atoms with van der Waals surface area (Å²) in [6, 6.07) is 0. The lowest BCUT2D eigenvalue weighted by molar-refractivity contribution is -0.118. The largest absolute Gasteiger partial charge is 0.330 e. The highest BCUT2D eigenvalue weighted by molar-refractivity contribution is 6.30. The predicted octanol–water partition coefficient (Wildman–Crippen LogP) is 2.26. The zero-order valence-electron chi connectivity index (χ0n) is 11.4. The van der Waals surface area contributed by atoms with Crippen LogP contribution in [0.3, 0.4) is 0 Å². The molecule has 0 aliphatic carbocycles. The Labute approximate surface area is 113 Å². The number of nitrogens with zero attached hydrogens (tertiary/aromatic N) is 2. The maximum Gasteiger partial charge on any atom is 0.137 e. The van der Waals surface area contributed by atoms with Crippen LogP contribution in [-0.4, -0.2) is 22.1 Å². The second kappa shape index (κ2) is 6.90. The topological polar surface area (TPSA) is 60.9 Å². The molecule has 0 saturated heterocycles. The first-order valence-electron chi connectivity index (χ1n) is 6.35. The van der Waals surface area contributed by atoms with E-state index >= 15 is 0 Å². The van der Waals surface area contributed by atoms with Crippen molar-refractivity contribution in [2.75, 3.05) is 6.54 Å². The van der Waals surface area contributed by atoms with Gasteiger partial charge >= 0.3 is 0 Å². The van der Waals surface area contributed by atoms with Crippen molar-refractivity contribution >= 4 is 17.4 Å². The fourth-order valence-corrected chi connectivity index (χ4v) is 2.24. The van der Waals surface area contributed by atoms with Gasteiger partial charge in [0.15, 0.2) is 0 Å². The Hall–Kier alpha value is -0.870. The number of hydrogen-bond donors (Lipinski definition) is 1. The minimum Gasteiger partial charge on any atom is -0.330 e. The van der Waals surface area contributed by atoms with Crippen molar-refractivity contribution in [3.05, 3.63) is 16.4 Å². The number of hydrogen-bond acceptors (Lipinski definition) is 3. The maximum absolute atomic E-state index is 11.9. The highest BCUT2D eigenvalue weighted by Gasteiger charge is 2.15. The van der Waals surface area contributed by atoms with Crippen LogP contribution in [0.25, 0.3) is 0 Å². The van der Waals surface area contributed by atoms with Crippen LogP contribution in [0.4, 0.5) is 0 Å². The second-order valence-electron chi connectivity index (χ2n) is 4.92. The number of nitrogens with two attached hydrogens (primary N) is 1. The number of aromatic nitrogens is 2. The van der Waals surface area contributed by atoms with Gasteiger partial charge in [0.25, 0.3) is 0 Å². The molecule has 1 aromatic rings. The molecule has 5 heteroatoms. The minimum atomic E-state index is 0.219. The highest BCUT2D eigenvalue weighted by Crippen LogP contribution is 2.20. The Balaban J connectivity index is 2.50. The SMILES string of the molecule is Cc1nn(C)c(Cl)c1CC(=O)CCC(C)CCN. The van der Waals surface area contributed by atoms with Crippen LogP contribution in [-0.2, 0) is 18.3 Å². The normalized spacial score (nSPS) is 12.7. The molecule has 102 valence electrons. The molecular formula is C13H22ClN3O. The Morgan fingerprint density at radius 3 is 2.67 bits per heavy atom. The van der Waals surface area contributed by atoms with Crippen molar-refractivity contribution in [2.45, 2.75) is 39.5 Å². The summed E-state index contributed by atoms with van der Waals surface area (Å²) < 4.78 is 1.61. The summed E-state index contributed by atoms with van der Waals surface area (Å²) in [4.78, 5) is 11.9. The lowest BCUT2D eigenvalue weighted by Crippen LogP contribution is -2.09. The molecule has 0 aromatic carbocycles. The van der Waals surface area contributed by atoms with Gasteiger partial charge in [-0.1, -0.05) is 18.5 Å². The Morgan fingerprint density at radius 2 is 2.17 bits per heavy atom. The number of Topliss-reactive ketones (excluding diaryl/α,β-unsaturated/α-hetero) is 1. The van der Waals surface area contributed by atoms with E-state index in [9.17, 15) is 4.79 Å². The van der Waals surface area contributed by atoms with E-state index in [0.29, 0.717) is 30.5 Å². The fourth-order valence-electron chi connectivity index (χ4n) is 2.00. The smallest absolute Gasteiger partial charge is 0.137 e. The third kappa shape index (κ3) is 4.10. The second-order valence-corrected chi connectivity index (χ2v) is 5.27. The van der Waals surface area contributed by atoms with Crippen molar-refractivity contribution in [3.63, 3.8) is 0 Å². The first kappa shape index (κ1) is 15.2. The van der Waals surface area contributed by atoms with Gasteiger partial charge in [0.1, 0.15) is 10.9 Å². The maximum atomic E-state index is 11.9. The van der Waals surface area contributed by atoms with E-state index in [-0.39, 0.29) is 5.78 Å². The van der Waals surface area contributed by atoms with E-state index in [4.69, 9.17) is 17.3 Å². The minimum absolute atomic E-state index is 0.219. The molecule has 1 rings (SSSR count). The summed E-state index contributed by atoms with van der Waals surface area (Å²) in [5, 5.41) is 4.77. The molecule has 0 spiro atoms. The summed E-state index contributed by atoms with van der Waals surface area (Å²) in [5.41, 5.74) is 7.18. The Bertz CT molecular complexity index is 415. The average molecular weight is 272 g/mol. The van der Waals surface area contributed by atoms with Gasteiger partial charge in [-0.15, -0.1) is 0 Å². The zero-order chi connectivity index (χ0) is 13.7. The number of rotatable bonds is 7. The quantitative estimate of drug-likeness (QED) is 0.827. The van der Waals surface area contributed by atoms with Gasteiger partial charge in [0.05, 0.1) is 5.69 Å². The van der Waals surface area contributed by atoms with Crippen LogP contribution in [0.15, 0.2) is 0 Å². The summed E-state index contributed by atoms with van der Waals surface area (Å²) in [6.45, 7) is 4.69. The number of carbonyl (C=O) groups is 1. The van der Waals surface area contributed by atoms with Crippen molar-refractivity contribution in [1.29, 1.82) is 0 Å². The van der Waals surface area contributed by atoms with E-state index in [1.807, 2.05) is 6.92 Å². The molecule has 0 saturated carbocycles. The van der Waals surface area contributed by atoms with Gasteiger partial charge in [-0.25, -0.2) is 0 Å². The first-order chi connectivity index (χ1) is 8.45. The van der Waals surface area contributed by atoms with Crippen molar-refractivity contribution in [2.24, 2.45) is 18.7 Å². The number of halogens is 1. The molecule has 0 aliphatic heterocycles. The molecule has 0 fully saturated rings. The van der Waals surface area contributed by atoms with Gasteiger partial charge in [0, 0.05) is 25.5 Å². The van der Waals surface area contributed by atoms with E-state index in [0.717, 1.165) is 24.1 Å². The standard InChI is InChI=1S/C13H22ClN3O/c1-9(6-7-15)4-5-11(18)8-12-10(2)16-17(3)13(12)14/h9H,4-8,15H2,1-3H3. The van der Waals surface area contributed by atoms with Crippen LogP contribution in [0.1, 0.15) is 37.4 Å². The van der Waals surface area contributed by atoms with E-state index < -0.39 is 0 Å². The lowest BCUT2D eigenvalue weighted by atomic mass is 9.98. The Kier molecular flexibility index (Phi) is 5.82. The van der Waals surface area contributed by atoms with Crippen LogP contribution < -0.4 is 5.73 Å². The van der Waals surface area contributed by atoms with Crippen molar-refractivity contribution in [1.82, 2.24) is 9.78 Å². The zero-order valence-corrected chi connectivity index (χ0v) is 12.1. The predicted molar refractivity (Wildman–Crippen MR) is 73.7 cm³/mol. The molecule has 1 aromatic heterocycles. The molecule has 18 heavy (non-hydrogen) atoms. The lowest BCUT2D eigenvalue weighted by Gasteiger charge is -2.08. The van der Waals surface area contributed by atoms with Gasteiger partial charge in [-0.3, -0.25) is 9.48 Å². The van der Waals surface area contributed by atoms with Gasteiger partial charge in [-0.2, -0.15) is 5.10 Å². The van der Waals surface area contributed by atoms with Crippen LogP contribution >= 0.6 is 11.6 Å². The highest BCUT2D eigenvalue weighted by atomic mass is 35.5. The number of aryl methyl sites for hydroxylation is 2. The molecule has 1 heterocycles. The molecule has 0 bridgehead atoms. The third-order valence-electron chi connectivity index (χ3n) is 3.22. The third-order valence-corrected chi connectivity index (χ3v) is 3.69. The van der Waals surface area contributed by atoms with Crippen molar-refractivity contribution < 1.29 is 4.79 Å². The molecule has 1 unspecified atom stereocenters. The fraction of sp³-hybridized carbons (Fsp3) is 0.692. The van der Waals surface area contributed by atoms with Gasteiger partial charge in [0.2, 0.25) is 0 Å². The molecule has 0 aliphatic rings. The van der Waals surface area contributed by atoms with E-state index in [1.165, 1.54) is 0 Å². The molecule has 1 atom stereocenters. The molecule has 0 radical (unpaired) electrons. The van der Waals surface area contributed by atoms with Gasteiger partial charge in [-0.05, 0) is 32.2 Å². The molecule has 0 amide bonds. The first-order valence-corrected chi connectivity index (χ1v) is 6.73. The van der Waals surface area contributed by atoms with Crippen LogP contribution in [0, 0.1) is 12.8 Å². The molecule has 4 nitrogen and oxygen atoms in total. The number of carbonyl (C=O) groups excluding carboxylic acids is 1.